The molecule has 110 valence electrons. The van der Waals surface area contributed by atoms with Crippen LogP contribution in [0.15, 0.2) is 17.4 Å². The van der Waals surface area contributed by atoms with Crippen molar-refractivity contribution in [3.8, 4) is 0 Å². The maximum atomic E-state index is 12.9. The molecule has 0 saturated heterocycles. The first kappa shape index (κ1) is 14.4. The van der Waals surface area contributed by atoms with E-state index in [-0.39, 0.29) is 10.7 Å². The zero-order valence-corrected chi connectivity index (χ0v) is 10.2. The van der Waals surface area contributed by atoms with Crippen molar-refractivity contribution in [3.63, 3.8) is 0 Å². The highest BCUT2D eigenvalue weighted by Crippen LogP contribution is 2.34. The number of nitrogens with zero attached hydrogens (tertiary/aromatic N) is 4. The van der Waals surface area contributed by atoms with E-state index in [1.807, 2.05) is 0 Å². The van der Waals surface area contributed by atoms with Crippen LogP contribution in [0.5, 0.6) is 0 Å². The van der Waals surface area contributed by atoms with Gasteiger partial charge in [-0.25, -0.2) is 17.6 Å². The van der Waals surface area contributed by atoms with Gasteiger partial charge >= 0.3 is 0 Å². The molecule has 1 N–H and O–H groups in total. The molecule has 10 heteroatoms. The number of hydrogen-bond acceptors (Lipinski definition) is 4. The summed E-state index contributed by atoms with van der Waals surface area (Å²) >= 11 is 0. The van der Waals surface area contributed by atoms with Crippen molar-refractivity contribution in [3.05, 3.63) is 18.0 Å². The first-order valence-electron chi connectivity index (χ1n) is 5.46. The summed E-state index contributed by atoms with van der Waals surface area (Å²) in [6.07, 6.45) is -6.46. The first-order chi connectivity index (χ1) is 9.27. The molecule has 0 radical (unpaired) electrons. The van der Waals surface area contributed by atoms with E-state index in [4.69, 9.17) is 0 Å². The molecule has 0 bridgehead atoms. The van der Waals surface area contributed by atoms with Crippen molar-refractivity contribution in [1.82, 2.24) is 14.8 Å². The summed E-state index contributed by atoms with van der Waals surface area (Å²) in [4.78, 5) is 12.0. The van der Waals surface area contributed by atoms with E-state index in [0.717, 1.165) is 4.68 Å². The summed E-state index contributed by atoms with van der Waals surface area (Å²) in [5.41, 5.74) is -4.21. The van der Waals surface area contributed by atoms with E-state index in [9.17, 15) is 27.5 Å². The molecule has 0 spiro atoms. The van der Waals surface area contributed by atoms with Crippen molar-refractivity contribution in [2.45, 2.75) is 25.0 Å². The molecule has 0 saturated carbocycles. The van der Waals surface area contributed by atoms with Gasteiger partial charge in [0, 0.05) is 19.7 Å². The lowest BCUT2D eigenvalue weighted by atomic mass is 10.1. The second-order valence-electron chi connectivity index (χ2n) is 4.21. The van der Waals surface area contributed by atoms with Crippen LogP contribution in [0.4, 0.5) is 17.6 Å². The van der Waals surface area contributed by atoms with Crippen molar-refractivity contribution in [2.24, 2.45) is 12.1 Å². The third kappa shape index (κ3) is 2.15. The molecular weight excluding hydrogens is 284 g/mol. The molecular formula is C10H10F4N4O2. The minimum Gasteiger partial charge on any atom is -0.364 e. The molecule has 0 aromatic carbocycles. The largest absolute Gasteiger partial charge is 0.364 e. The number of alkyl halides is 4. The number of aromatic nitrogens is 2. The minimum absolute atomic E-state index is 0.00380. The number of hydrazone groups is 1. The Bertz CT molecular complexity index is 559. The van der Waals surface area contributed by atoms with Gasteiger partial charge in [-0.05, 0) is 6.07 Å². The summed E-state index contributed by atoms with van der Waals surface area (Å²) in [5, 5.41) is 16.6. The quantitative estimate of drug-likeness (QED) is 0.840. The highest BCUT2D eigenvalue weighted by molar-refractivity contribution is 5.98. The monoisotopic (exact) mass is 294 g/mol. The van der Waals surface area contributed by atoms with Crippen molar-refractivity contribution in [1.29, 1.82) is 0 Å². The molecule has 2 heterocycles. The molecule has 1 aliphatic rings. The SMILES string of the molecule is Cn1nccc1C(=O)N1N=C(C(F)F)C[C@]1(O)C(F)F. The number of hydrogen-bond donors (Lipinski definition) is 1. The normalized spacial score (nSPS) is 22.8. The highest BCUT2D eigenvalue weighted by Gasteiger charge is 2.53. The molecule has 2 rings (SSSR count). The van der Waals surface area contributed by atoms with Crippen molar-refractivity contribution >= 4 is 11.6 Å². The third-order valence-corrected chi connectivity index (χ3v) is 2.87. The minimum atomic E-state index is -3.44. The standard InChI is InChI=1S/C10H10F4N4O2/c1-17-6(2-3-15-17)8(19)18-10(20,9(13)14)4-5(16-18)7(11)12/h2-3,7,9,20H,4H2,1H3/t10-/m0/s1. The Morgan fingerprint density at radius 3 is 2.55 bits per heavy atom. The van der Waals surface area contributed by atoms with E-state index in [1.165, 1.54) is 19.3 Å². The Kier molecular flexibility index (Phi) is 3.50. The predicted octanol–water partition coefficient (Wildman–Crippen LogP) is 0.841. The van der Waals surface area contributed by atoms with Gasteiger partial charge in [0.1, 0.15) is 11.4 Å². The van der Waals surface area contributed by atoms with Crippen LogP contribution in [0.2, 0.25) is 0 Å². The summed E-state index contributed by atoms with van der Waals surface area (Å²) in [6, 6.07) is 1.20. The number of carbonyl (C=O) groups excluding carboxylic acids is 1. The average molecular weight is 294 g/mol. The Morgan fingerprint density at radius 1 is 1.45 bits per heavy atom. The summed E-state index contributed by atoms with van der Waals surface area (Å²) < 4.78 is 52.0. The highest BCUT2D eigenvalue weighted by atomic mass is 19.3. The van der Waals surface area contributed by atoms with E-state index < -0.39 is 36.6 Å². The van der Waals surface area contributed by atoms with Gasteiger partial charge in [0.15, 0.2) is 0 Å². The van der Waals surface area contributed by atoms with Crippen LogP contribution >= 0.6 is 0 Å². The Balaban J connectivity index is 2.40. The lowest BCUT2D eigenvalue weighted by Crippen LogP contribution is -2.52. The van der Waals surface area contributed by atoms with E-state index in [1.54, 1.807) is 0 Å². The fraction of sp³-hybridized carbons (Fsp3) is 0.500. The molecule has 0 aliphatic carbocycles. The van der Waals surface area contributed by atoms with Gasteiger partial charge in [0.05, 0.1) is 0 Å². The summed E-state index contributed by atoms with van der Waals surface area (Å²) in [6.45, 7) is 0. The lowest BCUT2D eigenvalue weighted by Gasteiger charge is -2.29. The Labute approximate surface area is 110 Å². The number of aliphatic hydroxyl groups is 1. The van der Waals surface area contributed by atoms with Crippen LogP contribution in [0.1, 0.15) is 16.9 Å². The van der Waals surface area contributed by atoms with Gasteiger partial charge in [-0.3, -0.25) is 9.48 Å². The van der Waals surface area contributed by atoms with Crippen molar-refractivity contribution in [2.75, 3.05) is 0 Å². The van der Waals surface area contributed by atoms with Gasteiger partial charge in [-0.2, -0.15) is 15.2 Å². The van der Waals surface area contributed by atoms with Crippen LogP contribution in [-0.4, -0.2) is 50.1 Å². The molecule has 1 atom stereocenters. The Morgan fingerprint density at radius 2 is 2.10 bits per heavy atom. The number of aryl methyl sites for hydroxylation is 1. The number of halogens is 4. The van der Waals surface area contributed by atoms with Crippen LogP contribution in [-0.2, 0) is 7.05 Å². The molecule has 20 heavy (non-hydrogen) atoms. The predicted molar refractivity (Wildman–Crippen MR) is 58.4 cm³/mol. The maximum Gasteiger partial charge on any atom is 0.295 e. The summed E-state index contributed by atoms with van der Waals surface area (Å²) in [7, 11) is 1.36. The smallest absolute Gasteiger partial charge is 0.295 e. The van der Waals surface area contributed by atoms with Gasteiger partial charge in [0.25, 0.3) is 18.8 Å². The second-order valence-corrected chi connectivity index (χ2v) is 4.21. The fourth-order valence-corrected chi connectivity index (χ4v) is 1.80. The molecule has 6 nitrogen and oxygen atoms in total. The van der Waals surface area contributed by atoms with Crippen LogP contribution < -0.4 is 0 Å². The fourth-order valence-electron chi connectivity index (χ4n) is 1.80. The third-order valence-electron chi connectivity index (χ3n) is 2.87. The van der Waals surface area contributed by atoms with Crippen LogP contribution in [0, 0.1) is 0 Å². The van der Waals surface area contributed by atoms with Crippen LogP contribution in [0.25, 0.3) is 0 Å². The van der Waals surface area contributed by atoms with Gasteiger partial charge in [0.2, 0.25) is 5.72 Å². The van der Waals surface area contributed by atoms with E-state index >= 15 is 0 Å². The molecule has 1 amide bonds. The molecule has 0 unspecified atom stereocenters. The topological polar surface area (TPSA) is 70.7 Å². The molecule has 1 aromatic rings. The second kappa shape index (κ2) is 4.85. The average Bonchev–Trinajstić information content (AvgIpc) is 2.93. The van der Waals surface area contributed by atoms with Crippen molar-refractivity contribution < 1.29 is 27.5 Å². The maximum absolute atomic E-state index is 12.9. The zero-order valence-electron chi connectivity index (χ0n) is 10.2. The zero-order chi connectivity index (χ0) is 15.1. The summed E-state index contributed by atoms with van der Waals surface area (Å²) in [5.74, 6) is -1.14. The van der Waals surface area contributed by atoms with Gasteiger partial charge < -0.3 is 5.11 Å². The molecule has 1 aliphatic heterocycles. The lowest BCUT2D eigenvalue weighted by molar-refractivity contribution is -0.164. The number of amides is 1. The van der Waals surface area contributed by atoms with E-state index in [2.05, 4.69) is 10.2 Å². The number of carbonyl (C=O) groups is 1. The van der Waals surface area contributed by atoms with Gasteiger partial charge in [-0.15, -0.1) is 0 Å². The molecule has 0 fully saturated rings. The van der Waals surface area contributed by atoms with E-state index in [0.29, 0.717) is 0 Å². The first-order valence-corrected chi connectivity index (χ1v) is 5.46. The molecule has 1 aromatic heterocycles. The number of rotatable bonds is 3. The van der Waals surface area contributed by atoms with Crippen LogP contribution in [0.3, 0.4) is 0 Å². The Hall–Kier alpha value is -1.97. The van der Waals surface area contributed by atoms with Gasteiger partial charge in [-0.1, -0.05) is 0 Å².